The topological polar surface area (TPSA) is 67.9 Å². The van der Waals surface area contributed by atoms with Crippen molar-refractivity contribution >= 4 is 24.4 Å². The first-order valence-corrected chi connectivity index (χ1v) is 13.3. The second-order valence-electron chi connectivity index (χ2n) is 12.5. The summed E-state index contributed by atoms with van der Waals surface area (Å²) >= 11 is 0. The summed E-state index contributed by atoms with van der Waals surface area (Å²) in [4.78, 5) is 27.2. The highest BCUT2D eigenvalue weighted by Crippen LogP contribution is 2.36. The molecule has 3 rings (SSSR count). The molecule has 1 fully saturated rings. The van der Waals surface area contributed by atoms with E-state index >= 15 is 4.39 Å². The van der Waals surface area contributed by atoms with Gasteiger partial charge in [0.2, 0.25) is 0 Å². The number of hydrogen-bond acceptors (Lipinski definition) is 4. The minimum Gasteiger partial charge on any atom is -0.399 e. The molecule has 0 radical (unpaired) electrons. The molecule has 6 nitrogen and oxygen atoms in total. The molecule has 0 aromatic heterocycles. The number of rotatable bonds is 6. The maximum atomic E-state index is 15.3. The first-order chi connectivity index (χ1) is 17.5. The normalized spacial score (nSPS) is 17.3. The van der Waals surface area contributed by atoms with Crippen molar-refractivity contribution in [1.82, 2.24) is 10.4 Å². The third kappa shape index (κ3) is 6.29. The van der Waals surface area contributed by atoms with Crippen molar-refractivity contribution in [3.05, 3.63) is 64.5 Å². The van der Waals surface area contributed by atoms with Gasteiger partial charge in [0, 0.05) is 5.56 Å². The van der Waals surface area contributed by atoms with Crippen LogP contribution in [0.5, 0.6) is 0 Å². The zero-order valence-corrected chi connectivity index (χ0v) is 24.5. The van der Waals surface area contributed by atoms with E-state index in [0.29, 0.717) is 17.4 Å². The molecule has 206 valence electrons. The van der Waals surface area contributed by atoms with E-state index in [9.17, 15) is 9.59 Å². The minimum atomic E-state index is -0.746. The van der Waals surface area contributed by atoms with Crippen LogP contribution in [0.3, 0.4) is 0 Å². The fourth-order valence-electron chi connectivity index (χ4n) is 4.74. The van der Waals surface area contributed by atoms with Crippen LogP contribution in [0, 0.1) is 25.1 Å². The van der Waals surface area contributed by atoms with E-state index in [0.717, 1.165) is 17.5 Å². The fraction of sp³-hybridized carbons (Fsp3) is 0.533. The molecule has 8 heteroatoms. The van der Waals surface area contributed by atoms with Gasteiger partial charge >= 0.3 is 7.12 Å². The molecule has 2 amide bonds. The summed E-state index contributed by atoms with van der Waals surface area (Å²) in [7, 11) is -0.746. The van der Waals surface area contributed by atoms with Gasteiger partial charge in [-0.15, -0.1) is 0 Å². The van der Waals surface area contributed by atoms with Gasteiger partial charge in [-0.05, 0) is 83.1 Å². The number of benzene rings is 2. The van der Waals surface area contributed by atoms with E-state index in [1.807, 2.05) is 75.3 Å². The van der Waals surface area contributed by atoms with Crippen LogP contribution in [0.2, 0.25) is 0 Å². The van der Waals surface area contributed by atoms with Crippen LogP contribution in [-0.4, -0.2) is 41.2 Å². The van der Waals surface area contributed by atoms with Crippen molar-refractivity contribution in [3.8, 4) is 0 Å². The van der Waals surface area contributed by atoms with Crippen LogP contribution >= 0.6 is 0 Å². The number of carbonyl (C=O) groups is 2. The Morgan fingerprint density at radius 3 is 2.03 bits per heavy atom. The van der Waals surface area contributed by atoms with E-state index in [-0.39, 0.29) is 22.9 Å². The zero-order valence-electron chi connectivity index (χ0n) is 24.5. The molecule has 0 spiro atoms. The van der Waals surface area contributed by atoms with Crippen molar-refractivity contribution in [1.29, 1.82) is 0 Å². The maximum absolute atomic E-state index is 15.3. The van der Waals surface area contributed by atoms with Crippen LogP contribution in [0.1, 0.15) is 100 Å². The second-order valence-corrected chi connectivity index (χ2v) is 12.5. The third-order valence-electron chi connectivity index (χ3n) is 7.55. The molecular formula is C30H42BFN2O4. The van der Waals surface area contributed by atoms with Crippen molar-refractivity contribution in [2.24, 2.45) is 5.41 Å². The van der Waals surface area contributed by atoms with Crippen LogP contribution < -0.4 is 10.9 Å². The monoisotopic (exact) mass is 524 g/mol. The number of halogens is 1. The zero-order chi connectivity index (χ0) is 28.6. The lowest BCUT2D eigenvalue weighted by Crippen LogP contribution is -2.56. The van der Waals surface area contributed by atoms with Gasteiger partial charge in [-0.3, -0.25) is 15.0 Å². The number of nitrogens with one attached hydrogen (secondary N) is 1. The van der Waals surface area contributed by atoms with Gasteiger partial charge in [0.15, 0.2) is 0 Å². The van der Waals surface area contributed by atoms with Crippen LogP contribution in [0.4, 0.5) is 4.39 Å². The molecule has 0 unspecified atom stereocenters. The maximum Gasteiger partial charge on any atom is 0.494 e. The molecule has 2 aromatic carbocycles. The van der Waals surface area contributed by atoms with Crippen molar-refractivity contribution in [2.75, 3.05) is 0 Å². The second kappa shape index (κ2) is 10.8. The Bertz CT molecular complexity index is 1170. The quantitative estimate of drug-likeness (QED) is 0.387. The lowest BCUT2D eigenvalue weighted by atomic mass is 9.78. The average Bonchev–Trinajstić information content (AvgIpc) is 3.00. The Morgan fingerprint density at radius 2 is 1.55 bits per heavy atom. The minimum absolute atomic E-state index is 0.160. The molecule has 1 atom stereocenters. The Kier molecular flexibility index (Phi) is 8.49. The van der Waals surface area contributed by atoms with Gasteiger partial charge < -0.3 is 9.31 Å². The molecule has 1 aliphatic heterocycles. The Hall–Kier alpha value is -2.71. The Morgan fingerprint density at radius 1 is 1.00 bits per heavy atom. The number of carbonyl (C=O) groups excluding carboxylic acids is 2. The number of aryl methyl sites for hydroxylation is 2. The molecule has 0 bridgehead atoms. The number of amides is 2. The van der Waals surface area contributed by atoms with E-state index in [2.05, 4.69) is 5.43 Å². The lowest BCUT2D eigenvalue weighted by molar-refractivity contribution is 0.00578. The van der Waals surface area contributed by atoms with Crippen LogP contribution in [0.15, 0.2) is 36.4 Å². The lowest BCUT2D eigenvalue weighted by Gasteiger charge is -2.40. The molecular weight excluding hydrogens is 482 g/mol. The number of hydrazine groups is 1. The number of nitrogens with zero attached hydrogens (tertiary/aromatic N) is 1. The summed E-state index contributed by atoms with van der Waals surface area (Å²) in [5, 5.41) is 1.39. The van der Waals surface area contributed by atoms with Gasteiger partial charge in [0.05, 0.1) is 22.8 Å². The van der Waals surface area contributed by atoms with Gasteiger partial charge in [-0.1, -0.05) is 57.4 Å². The van der Waals surface area contributed by atoms with Crippen LogP contribution in [0.25, 0.3) is 0 Å². The SMILES string of the molecule is CCC[C@@H](N(NC(=O)c1ccc(B2OC(C)(C)C(C)(C)O2)cc1F)C(=O)c1cc(C)cc(C)c1)C(C)(C)C. The third-order valence-corrected chi connectivity index (χ3v) is 7.55. The van der Waals surface area contributed by atoms with Gasteiger partial charge in [0.25, 0.3) is 11.8 Å². The smallest absolute Gasteiger partial charge is 0.399 e. The van der Waals surface area contributed by atoms with Gasteiger partial charge in [0.1, 0.15) is 5.82 Å². The fourth-order valence-corrected chi connectivity index (χ4v) is 4.74. The van der Waals surface area contributed by atoms with E-state index in [1.165, 1.54) is 17.1 Å². The summed E-state index contributed by atoms with van der Waals surface area (Å²) < 4.78 is 27.4. The molecule has 1 heterocycles. The highest BCUT2D eigenvalue weighted by molar-refractivity contribution is 6.62. The first kappa shape index (κ1) is 29.8. The molecule has 38 heavy (non-hydrogen) atoms. The molecule has 1 saturated heterocycles. The van der Waals surface area contributed by atoms with Crippen molar-refractivity contribution in [2.45, 2.75) is 99.3 Å². The summed E-state index contributed by atoms with van der Waals surface area (Å²) in [5.74, 6) is -1.73. The predicted molar refractivity (Wildman–Crippen MR) is 150 cm³/mol. The predicted octanol–water partition coefficient (Wildman–Crippen LogP) is 5.74. The molecule has 1 aliphatic rings. The van der Waals surface area contributed by atoms with E-state index in [1.54, 1.807) is 18.2 Å². The average molecular weight is 524 g/mol. The van der Waals surface area contributed by atoms with Gasteiger partial charge in [-0.2, -0.15) is 0 Å². The van der Waals surface area contributed by atoms with Crippen molar-refractivity contribution < 1.29 is 23.3 Å². The highest BCUT2D eigenvalue weighted by atomic mass is 19.1. The molecule has 2 aromatic rings. The number of hydrogen-bond donors (Lipinski definition) is 1. The Labute approximate surface area is 227 Å². The standard InChI is InChI=1S/C30H42BFN2O4/c1-11-12-25(28(4,5)6)34(27(36)21-16-19(2)15-20(3)17-21)33-26(35)23-14-13-22(18-24(23)32)31-37-29(7,8)30(9,10)38-31/h13-18,25H,11-12H2,1-10H3,(H,33,35)/t25-/m1/s1. The first-order valence-electron chi connectivity index (χ1n) is 13.3. The van der Waals surface area contributed by atoms with E-state index in [4.69, 9.17) is 9.31 Å². The molecule has 0 saturated carbocycles. The summed E-state index contributed by atoms with van der Waals surface area (Å²) in [6.07, 6.45) is 1.48. The largest absolute Gasteiger partial charge is 0.494 e. The van der Waals surface area contributed by atoms with Crippen LogP contribution in [-0.2, 0) is 9.31 Å². The summed E-state index contributed by atoms with van der Waals surface area (Å²) in [6.45, 7) is 19.7. The van der Waals surface area contributed by atoms with Gasteiger partial charge in [-0.25, -0.2) is 9.40 Å². The molecule has 1 N–H and O–H groups in total. The molecule has 0 aliphatic carbocycles. The Balaban J connectivity index is 1.93. The van der Waals surface area contributed by atoms with E-state index < -0.39 is 30.0 Å². The summed E-state index contributed by atoms with van der Waals surface area (Å²) in [5.41, 5.74) is 3.99. The van der Waals surface area contributed by atoms with Crippen molar-refractivity contribution in [3.63, 3.8) is 0 Å². The summed E-state index contributed by atoms with van der Waals surface area (Å²) in [6, 6.07) is 9.60. The highest BCUT2D eigenvalue weighted by Gasteiger charge is 2.51.